The van der Waals surface area contributed by atoms with Crippen LogP contribution in [0.15, 0.2) is 88.9 Å². The SMILES string of the molecule is CN(C)C(=O)[C@@H](OC(=O)c1cccnc1Sc1ccccc1)c1ccccc1. The lowest BCUT2D eigenvalue weighted by molar-refractivity contribution is -0.138. The molecule has 0 saturated carbocycles. The lowest BCUT2D eigenvalue weighted by Gasteiger charge is -2.21. The number of hydrogen-bond donors (Lipinski definition) is 0. The molecule has 6 heteroatoms. The molecule has 0 saturated heterocycles. The van der Waals surface area contributed by atoms with E-state index >= 15 is 0 Å². The van der Waals surface area contributed by atoms with Gasteiger partial charge in [0.2, 0.25) is 6.10 Å². The summed E-state index contributed by atoms with van der Waals surface area (Å²) in [5.41, 5.74) is 0.944. The lowest BCUT2D eigenvalue weighted by atomic mass is 10.1. The van der Waals surface area contributed by atoms with Crippen molar-refractivity contribution in [2.24, 2.45) is 0 Å². The van der Waals surface area contributed by atoms with E-state index in [1.807, 2.05) is 36.4 Å². The molecule has 3 rings (SSSR count). The van der Waals surface area contributed by atoms with Gasteiger partial charge in [0.15, 0.2) is 0 Å². The van der Waals surface area contributed by atoms with Gasteiger partial charge in [0, 0.05) is 30.8 Å². The molecule has 1 atom stereocenters. The zero-order valence-corrected chi connectivity index (χ0v) is 16.4. The van der Waals surface area contributed by atoms with Crippen molar-refractivity contribution in [3.8, 4) is 0 Å². The molecule has 1 amide bonds. The molecule has 0 radical (unpaired) electrons. The average Bonchev–Trinajstić information content (AvgIpc) is 2.73. The van der Waals surface area contributed by atoms with E-state index in [0.29, 0.717) is 16.2 Å². The van der Waals surface area contributed by atoms with Gasteiger partial charge in [-0.25, -0.2) is 9.78 Å². The summed E-state index contributed by atoms with van der Waals surface area (Å²) < 4.78 is 5.64. The van der Waals surface area contributed by atoms with E-state index < -0.39 is 12.1 Å². The predicted molar refractivity (Wildman–Crippen MR) is 108 cm³/mol. The summed E-state index contributed by atoms with van der Waals surface area (Å²) >= 11 is 1.37. The molecule has 0 N–H and O–H groups in total. The van der Waals surface area contributed by atoms with Crippen molar-refractivity contribution in [2.45, 2.75) is 16.0 Å². The summed E-state index contributed by atoms with van der Waals surface area (Å²) in [4.78, 5) is 32.2. The molecule has 0 aliphatic heterocycles. The second kappa shape index (κ2) is 9.19. The van der Waals surface area contributed by atoms with Crippen LogP contribution in [0, 0.1) is 0 Å². The Kier molecular flexibility index (Phi) is 6.45. The second-order valence-corrected chi connectivity index (χ2v) is 7.26. The Hall–Kier alpha value is -3.12. The first-order chi connectivity index (χ1) is 13.6. The third-order valence-corrected chi connectivity index (χ3v) is 4.97. The van der Waals surface area contributed by atoms with Crippen molar-refractivity contribution in [3.63, 3.8) is 0 Å². The molecule has 0 bridgehead atoms. The third kappa shape index (κ3) is 4.78. The van der Waals surface area contributed by atoms with Gasteiger partial charge < -0.3 is 9.64 Å². The smallest absolute Gasteiger partial charge is 0.342 e. The van der Waals surface area contributed by atoms with Gasteiger partial charge in [-0.2, -0.15) is 0 Å². The monoisotopic (exact) mass is 392 g/mol. The van der Waals surface area contributed by atoms with Gasteiger partial charge in [-0.1, -0.05) is 60.3 Å². The van der Waals surface area contributed by atoms with E-state index in [1.54, 1.807) is 56.7 Å². The number of benzene rings is 2. The number of nitrogens with zero attached hydrogens (tertiary/aromatic N) is 2. The van der Waals surface area contributed by atoms with Crippen molar-refractivity contribution in [3.05, 3.63) is 90.1 Å². The molecule has 0 aliphatic rings. The fourth-order valence-electron chi connectivity index (χ4n) is 2.52. The van der Waals surface area contributed by atoms with Crippen LogP contribution in [0.2, 0.25) is 0 Å². The maximum absolute atomic E-state index is 12.9. The van der Waals surface area contributed by atoms with Crippen LogP contribution in [-0.4, -0.2) is 35.9 Å². The fourth-order valence-corrected chi connectivity index (χ4v) is 3.41. The van der Waals surface area contributed by atoms with Gasteiger partial charge in [0.1, 0.15) is 5.03 Å². The number of likely N-dealkylation sites (N-methyl/N-ethyl adjacent to an activating group) is 1. The second-order valence-electron chi connectivity index (χ2n) is 6.20. The van der Waals surface area contributed by atoms with E-state index in [2.05, 4.69) is 4.98 Å². The minimum Gasteiger partial charge on any atom is -0.444 e. The highest BCUT2D eigenvalue weighted by atomic mass is 32.2. The summed E-state index contributed by atoms with van der Waals surface area (Å²) in [6, 6.07) is 22.0. The van der Waals surface area contributed by atoms with E-state index in [-0.39, 0.29) is 5.91 Å². The van der Waals surface area contributed by atoms with Crippen molar-refractivity contribution < 1.29 is 14.3 Å². The zero-order valence-electron chi connectivity index (χ0n) is 15.6. The number of ether oxygens (including phenoxy) is 1. The number of carbonyl (C=O) groups is 2. The van der Waals surface area contributed by atoms with Crippen LogP contribution < -0.4 is 0 Å². The molecule has 3 aromatic rings. The molecule has 1 aromatic heterocycles. The quantitative estimate of drug-likeness (QED) is 0.588. The molecule has 2 aromatic carbocycles. The summed E-state index contributed by atoms with van der Waals surface area (Å²) in [5, 5.41) is 0.530. The molecule has 28 heavy (non-hydrogen) atoms. The molecule has 1 heterocycles. The Morgan fingerprint density at radius 3 is 2.21 bits per heavy atom. The van der Waals surface area contributed by atoms with Crippen molar-refractivity contribution in [1.29, 1.82) is 0 Å². The highest BCUT2D eigenvalue weighted by molar-refractivity contribution is 7.99. The predicted octanol–water partition coefficient (Wildman–Crippen LogP) is 4.22. The maximum Gasteiger partial charge on any atom is 0.342 e. The fraction of sp³-hybridized carbons (Fsp3) is 0.136. The molecule has 142 valence electrons. The van der Waals surface area contributed by atoms with Crippen LogP contribution in [0.5, 0.6) is 0 Å². The van der Waals surface area contributed by atoms with Gasteiger partial charge >= 0.3 is 5.97 Å². The van der Waals surface area contributed by atoms with Crippen molar-refractivity contribution >= 4 is 23.6 Å². The lowest BCUT2D eigenvalue weighted by Crippen LogP contribution is -2.31. The summed E-state index contributed by atoms with van der Waals surface area (Å²) in [7, 11) is 3.26. The van der Waals surface area contributed by atoms with Gasteiger partial charge in [-0.15, -0.1) is 0 Å². The highest BCUT2D eigenvalue weighted by Gasteiger charge is 2.28. The van der Waals surface area contributed by atoms with E-state index in [4.69, 9.17) is 4.74 Å². The number of pyridine rings is 1. The van der Waals surface area contributed by atoms with Crippen LogP contribution in [-0.2, 0) is 9.53 Å². The van der Waals surface area contributed by atoms with E-state index in [1.165, 1.54) is 16.7 Å². The van der Waals surface area contributed by atoms with E-state index in [0.717, 1.165) is 4.90 Å². The van der Waals surface area contributed by atoms with Crippen LogP contribution in [0.1, 0.15) is 22.0 Å². The number of esters is 1. The summed E-state index contributed by atoms with van der Waals surface area (Å²) in [6.45, 7) is 0. The highest BCUT2D eigenvalue weighted by Crippen LogP contribution is 2.30. The first-order valence-electron chi connectivity index (χ1n) is 8.71. The molecule has 0 aliphatic carbocycles. The maximum atomic E-state index is 12.9. The van der Waals surface area contributed by atoms with Crippen LogP contribution >= 0.6 is 11.8 Å². The molecular formula is C22H20N2O3S. The van der Waals surface area contributed by atoms with Crippen molar-refractivity contribution in [2.75, 3.05) is 14.1 Å². The summed E-state index contributed by atoms with van der Waals surface area (Å²) in [5.74, 6) is -0.892. The number of rotatable bonds is 6. The summed E-state index contributed by atoms with van der Waals surface area (Å²) in [6.07, 6.45) is 0.611. The molecule has 0 unspecified atom stereocenters. The molecule has 0 spiro atoms. The minimum atomic E-state index is -1.02. The molecule has 0 fully saturated rings. The van der Waals surface area contributed by atoms with Crippen LogP contribution in [0.3, 0.4) is 0 Å². The van der Waals surface area contributed by atoms with Gasteiger partial charge in [0.05, 0.1) is 5.56 Å². The van der Waals surface area contributed by atoms with Gasteiger partial charge in [0.25, 0.3) is 5.91 Å². The standard InChI is InChI=1S/C22H20N2O3S/c1-24(2)21(25)19(16-10-5-3-6-11-16)27-22(26)18-14-9-15-23-20(18)28-17-12-7-4-8-13-17/h3-15,19H,1-2H3/t19-/m0/s1. The van der Waals surface area contributed by atoms with Gasteiger partial charge in [-0.3, -0.25) is 4.79 Å². The van der Waals surface area contributed by atoms with Crippen molar-refractivity contribution in [1.82, 2.24) is 9.88 Å². The zero-order chi connectivity index (χ0) is 19.9. The number of carbonyl (C=O) groups excluding carboxylic acids is 2. The number of hydrogen-bond acceptors (Lipinski definition) is 5. The first kappa shape index (κ1) is 19.6. The number of amides is 1. The van der Waals surface area contributed by atoms with Crippen LogP contribution in [0.4, 0.5) is 0 Å². The number of aromatic nitrogens is 1. The molecular weight excluding hydrogens is 372 g/mol. The van der Waals surface area contributed by atoms with E-state index in [9.17, 15) is 9.59 Å². The third-order valence-electron chi connectivity index (χ3n) is 3.94. The normalized spacial score (nSPS) is 11.5. The topological polar surface area (TPSA) is 59.5 Å². The average molecular weight is 392 g/mol. The first-order valence-corrected chi connectivity index (χ1v) is 9.53. The van der Waals surface area contributed by atoms with Crippen LogP contribution in [0.25, 0.3) is 0 Å². The Morgan fingerprint density at radius 2 is 1.57 bits per heavy atom. The minimum absolute atomic E-state index is 0.305. The van der Waals surface area contributed by atoms with Gasteiger partial charge in [-0.05, 0) is 24.3 Å². The molecule has 5 nitrogen and oxygen atoms in total. The Labute approximate surface area is 168 Å². The Balaban J connectivity index is 1.87. The largest absolute Gasteiger partial charge is 0.444 e. The Bertz CT molecular complexity index is 946. The Morgan fingerprint density at radius 1 is 0.929 bits per heavy atom.